The number of hydrogen-bond acceptors (Lipinski definition) is 9. The van der Waals surface area contributed by atoms with Gasteiger partial charge in [-0.05, 0) is 82.3 Å². The van der Waals surface area contributed by atoms with Gasteiger partial charge in [0.05, 0.1) is 47.5 Å². The highest BCUT2D eigenvalue weighted by Gasteiger charge is 2.38. The molecule has 14 nitrogen and oxygen atoms in total. The average molecular weight is 731 g/mol. The number of likely N-dealkylation sites (tertiary alicyclic amines) is 2. The third-order valence-corrected chi connectivity index (χ3v) is 9.93. The summed E-state index contributed by atoms with van der Waals surface area (Å²) in [5.41, 5.74) is 4.68. The fourth-order valence-corrected chi connectivity index (χ4v) is 7.43. The Balaban J connectivity index is 1.03. The molecule has 6 aromatic rings. The number of aromatic amines is 2. The van der Waals surface area contributed by atoms with Crippen LogP contribution in [0.15, 0.2) is 77.3 Å². The van der Waals surface area contributed by atoms with Crippen molar-refractivity contribution < 1.29 is 28.3 Å². The van der Waals surface area contributed by atoms with E-state index in [0.717, 1.165) is 53.4 Å². The lowest BCUT2D eigenvalue weighted by Gasteiger charge is -2.28. The quantitative estimate of drug-likeness (QED) is 0.150. The number of amides is 3. The first kappa shape index (κ1) is 34.9. The number of alkyl carbamates (subject to hydrolysis) is 1. The molecule has 54 heavy (non-hydrogen) atoms. The number of para-hydroxylation sites is 1. The first-order chi connectivity index (χ1) is 26.1. The second-order valence-electron chi connectivity index (χ2n) is 14.7. The Morgan fingerprint density at radius 2 is 1.61 bits per heavy atom. The van der Waals surface area contributed by atoms with E-state index in [1.807, 2.05) is 87.5 Å². The Labute approximate surface area is 311 Å². The van der Waals surface area contributed by atoms with Crippen LogP contribution in [0.2, 0.25) is 0 Å². The molecule has 3 aromatic heterocycles. The minimum atomic E-state index is -0.899. The molecule has 0 spiro atoms. The van der Waals surface area contributed by atoms with Crippen LogP contribution in [0.5, 0.6) is 0 Å². The van der Waals surface area contributed by atoms with E-state index in [9.17, 15) is 14.4 Å². The highest BCUT2D eigenvalue weighted by molar-refractivity contribution is 5.90. The number of nitrogens with zero attached hydrogens (tertiary/aromatic N) is 5. The molecule has 3 aromatic carbocycles. The summed E-state index contributed by atoms with van der Waals surface area (Å²) in [6.07, 6.45) is 3.83. The SMILES string of the molecule is COC(=O)N[C@@H](C(=O)N1CCC[C@H]1c1nc2ccc(-c3cnc(-c4cccc5[nH]c([C@H]6CCCN6C(=O)OC(C)(C)C)nc45)o3)cc2[nH]1)c1ccccc1. The highest BCUT2D eigenvalue weighted by atomic mass is 16.6. The van der Waals surface area contributed by atoms with Crippen molar-refractivity contribution >= 4 is 40.2 Å². The largest absolute Gasteiger partial charge is 0.453 e. The number of imidazole rings is 2. The van der Waals surface area contributed by atoms with Crippen molar-refractivity contribution in [1.82, 2.24) is 40.0 Å². The van der Waals surface area contributed by atoms with Crippen molar-refractivity contribution in [3.8, 4) is 22.8 Å². The Kier molecular flexibility index (Phi) is 9.04. The summed E-state index contributed by atoms with van der Waals surface area (Å²) in [4.78, 5) is 64.0. The summed E-state index contributed by atoms with van der Waals surface area (Å²) in [6, 6.07) is 19.3. The second-order valence-corrected chi connectivity index (χ2v) is 14.7. The summed E-state index contributed by atoms with van der Waals surface area (Å²) < 4.78 is 16.8. The Morgan fingerprint density at radius 3 is 2.37 bits per heavy atom. The normalized spacial score (nSPS) is 18.0. The second kappa shape index (κ2) is 14.0. The lowest BCUT2D eigenvalue weighted by atomic mass is 10.1. The number of nitrogens with one attached hydrogen (secondary N) is 3. The lowest BCUT2D eigenvalue weighted by molar-refractivity contribution is -0.134. The number of ether oxygens (including phenoxy) is 2. The molecule has 278 valence electrons. The third kappa shape index (κ3) is 6.74. The zero-order valence-corrected chi connectivity index (χ0v) is 30.6. The van der Waals surface area contributed by atoms with Gasteiger partial charge in [-0.25, -0.2) is 24.5 Å². The first-order valence-electron chi connectivity index (χ1n) is 18.2. The molecule has 3 atom stereocenters. The van der Waals surface area contributed by atoms with Gasteiger partial charge >= 0.3 is 12.2 Å². The Bertz CT molecular complexity index is 2340. The van der Waals surface area contributed by atoms with Crippen molar-refractivity contribution in [2.45, 2.75) is 70.2 Å². The van der Waals surface area contributed by atoms with Crippen LogP contribution in [-0.2, 0) is 14.3 Å². The molecule has 0 aliphatic carbocycles. The predicted molar refractivity (Wildman–Crippen MR) is 200 cm³/mol. The maximum Gasteiger partial charge on any atom is 0.410 e. The minimum absolute atomic E-state index is 0.220. The summed E-state index contributed by atoms with van der Waals surface area (Å²) in [6.45, 7) is 6.73. The van der Waals surface area contributed by atoms with Crippen LogP contribution in [0.3, 0.4) is 0 Å². The zero-order valence-electron chi connectivity index (χ0n) is 30.6. The Morgan fingerprint density at radius 1 is 0.889 bits per heavy atom. The highest BCUT2D eigenvalue weighted by Crippen LogP contribution is 2.37. The van der Waals surface area contributed by atoms with E-state index in [2.05, 4.69) is 20.3 Å². The van der Waals surface area contributed by atoms with Crippen LogP contribution in [0.25, 0.3) is 44.8 Å². The molecule has 3 amide bonds. The number of carbonyl (C=O) groups is 3. The van der Waals surface area contributed by atoms with Gasteiger partial charge in [0.1, 0.15) is 28.8 Å². The molecule has 0 bridgehead atoms. The summed E-state index contributed by atoms with van der Waals surface area (Å²) >= 11 is 0. The van der Waals surface area contributed by atoms with Gasteiger partial charge in [0.15, 0.2) is 5.76 Å². The molecule has 2 saturated heterocycles. The molecule has 0 unspecified atom stereocenters. The van der Waals surface area contributed by atoms with Gasteiger partial charge in [-0.1, -0.05) is 36.4 Å². The molecule has 3 N–H and O–H groups in total. The van der Waals surface area contributed by atoms with Crippen LogP contribution in [0.1, 0.15) is 81.8 Å². The van der Waals surface area contributed by atoms with Gasteiger partial charge in [0.25, 0.3) is 5.91 Å². The molecular formula is C40H42N8O6. The number of methoxy groups -OCH3 is 1. The predicted octanol–water partition coefficient (Wildman–Crippen LogP) is 7.59. The number of fused-ring (bicyclic) bond motifs is 2. The molecule has 2 aliphatic rings. The van der Waals surface area contributed by atoms with Gasteiger partial charge < -0.3 is 34.1 Å². The minimum Gasteiger partial charge on any atom is -0.453 e. The van der Waals surface area contributed by atoms with Gasteiger partial charge in [-0.3, -0.25) is 9.69 Å². The van der Waals surface area contributed by atoms with Crippen molar-refractivity contribution in [2.24, 2.45) is 0 Å². The molecule has 2 fully saturated rings. The van der Waals surface area contributed by atoms with Crippen molar-refractivity contribution in [2.75, 3.05) is 20.2 Å². The van der Waals surface area contributed by atoms with E-state index >= 15 is 0 Å². The molecule has 0 radical (unpaired) electrons. The lowest BCUT2D eigenvalue weighted by Crippen LogP contribution is -2.42. The van der Waals surface area contributed by atoms with Crippen molar-refractivity contribution in [3.05, 3.63) is 90.1 Å². The molecule has 0 saturated carbocycles. The van der Waals surface area contributed by atoms with E-state index < -0.39 is 17.7 Å². The van der Waals surface area contributed by atoms with Crippen LogP contribution in [0, 0.1) is 0 Å². The van der Waals surface area contributed by atoms with Gasteiger partial charge in [0.2, 0.25) is 5.89 Å². The first-order valence-corrected chi connectivity index (χ1v) is 18.2. The number of H-pyrrole nitrogens is 2. The molecule has 2 aliphatic heterocycles. The smallest absolute Gasteiger partial charge is 0.410 e. The van der Waals surface area contributed by atoms with Crippen LogP contribution >= 0.6 is 0 Å². The number of aromatic nitrogens is 5. The summed E-state index contributed by atoms with van der Waals surface area (Å²) in [5, 5.41) is 2.71. The maximum atomic E-state index is 14.0. The fraction of sp³-hybridized carbons (Fsp3) is 0.350. The number of rotatable bonds is 7. The molecular weight excluding hydrogens is 688 g/mol. The van der Waals surface area contributed by atoms with E-state index in [1.165, 1.54) is 7.11 Å². The summed E-state index contributed by atoms with van der Waals surface area (Å²) in [5.74, 6) is 2.13. The molecule has 5 heterocycles. The van der Waals surface area contributed by atoms with Crippen molar-refractivity contribution in [3.63, 3.8) is 0 Å². The van der Waals surface area contributed by atoms with Gasteiger partial charge in [0, 0.05) is 18.7 Å². The molecule has 14 heteroatoms. The van der Waals surface area contributed by atoms with Crippen molar-refractivity contribution in [1.29, 1.82) is 0 Å². The summed E-state index contributed by atoms with van der Waals surface area (Å²) in [7, 11) is 1.28. The monoisotopic (exact) mass is 730 g/mol. The van der Waals surface area contributed by atoms with E-state index in [4.69, 9.17) is 23.9 Å². The topological polar surface area (TPSA) is 172 Å². The number of benzene rings is 3. The number of hydrogen-bond donors (Lipinski definition) is 3. The van der Waals surface area contributed by atoms with E-state index in [-0.39, 0.29) is 24.1 Å². The Hall–Kier alpha value is -6.18. The van der Waals surface area contributed by atoms with Gasteiger partial charge in [-0.15, -0.1) is 0 Å². The standard InChI is InChI=1S/C40H42N8O6/c1-40(2,3)54-39(51)48-20-10-16-30(48)35-43-27-14-8-13-25(33(27)45-35)36-41-22-31(53-36)24-17-18-26-28(21-24)44-34(42-26)29-15-9-19-47(29)37(49)32(46-38(50)52-4)23-11-6-5-7-12-23/h5-8,11-14,17-18,21-22,29-30,32H,9-10,15-16,19-20H2,1-4H3,(H,42,44)(H,43,45)(H,46,50)/t29-,30+,32+/m0/s1. The van der Waals surface area contributed by atoms with E-state index in [0.29, 0.717) is 47.5 Å². The number of oxazole rings is 1. The van der Waals surface area contributed by atoms with Crippen LogP contribution in [-0.4, -0.2) is 78.6 Å². The van der Waals surface area contributed by atoms with Crippen LogP contribution < -0.4 is 5.32 Å². The van der Waals surface area contributed by atoms with E-state index in [1.54, 1.807) is 16.0 Å². The number of carbonyl (C=O) groups excluding carboxylic acids is 3. The average Bonchev–Trinajstić information content (AvgIpc) is 4.01. The zero-order chi connectivity index (χ0) is 37.6. The van der Waals surface area contributed by atoms with Gasteiger partial charge in [-0.2, -0.15) is 0 Å². The fourth-order valence-electron chi connectivity index (χ4n) is 7.43. The van der Waals surface area contributed by atoms with Crippen LogP contribution in [0.4, 0.5) is 9.59 Å². The maximum absolute atomic E-state index is 14.0. The molecule has 8 rings (SSSR count). The third-order valence-electron chi connectivity index (χ3n) is 9.93.